The van der Waals surface area contributed by atoms with Gasteiger partial charge in [-0.2, -0.15) is 0 Å². The molecule has 9 amide bonds. The number of likely N-dealkylation sites (N-methyl/N-ethyl adjacent to an activating group) is 2. The van der Waals surface area contributed by atoms with Crippen molar-refractivity contribution in [1.82, 2.24) is 40.7 Å². The number of unbranched alkanes of at least 4 members (excludes halogenated alkanes) is 3. The van der Waals surface area contributed by atoms with Crippen molar-refractivity contribution in [3.63, 3.8) is 0 Å². The van der Waals surface area contributed by atoms with Crippen LogP contribution in [0.25, 0.3) is 0 Å². The number of aromatic nitrogens is 1. The summed E-state index contributed by atoms with van der Waals surface area (Å²) >= 11 is 0. The van der Waals surface area contributed by atoms with Crippen LogP contribution in [-0.4, -0.2) is 160 Å². The highest BCUT2D eigenvalue weighted by Gasteiger charge is 2.41. The largest absolute Gasteiger partial charge is 0.492 e. The highest BCUT2D eigenvalue weighted by atomic mass is 16.7. The molecule has 3 rings (SSSR count). The SMILES string of the molecule is CC[C@H](C)[C@@H]([C@@H](CC(=O)N1CCC[C@H]1C)OC)N(C)C(=O)[C@@H](NC(=O)[C@H](C(C)C)N(C)C(=O)OCc1ccc(NC(=O)[C@H](CCCNC(N)=O)NC(=O)[C@@H](NC(=O)CCCCCCC(=O)On2c(O)ccc2O)C(C)C)cc1)C(C)C. The maximum absolute atomic E-state index is 14.4. The zero-order valence-corrected chi connectivity index (χ0v) is 49.6. The molecule has 24 heteroatoms. The molecule has 0 bridgehead atoms. The number of primary amides is 1. The third-order valence-electron chi connectivity index (χ3n) is 14.8. The van der Waals surface area contributed by atoms with Gasteiger partial charge in [-0.3, -0.25) is 33.7 Å². The van der Waals surface area contributed by atoms with Gasteiger partial charge in [0.2, 0.25) is 47.2 Å². The molecule has 0 aliphatic carbocycles. The van der Waals surface area contributed by atoms with E-state index in [9.17, 15) is 53.4 Å². The van der Waals surface area contributed by atoms with Crippen molar-refractivity contribution in [2.24, 2.45) is 29.4 Å². The van der Waals surface area contributed by atoms with Crippen molar-refractivity contribution in [3.05, 3.63) is 42.0 Å². The Bertz CT molecular complexity index is 2380. The standard InChI is InChI=1S/C57H92N10O14/c1-13-37(8)51(42(79-12)32-46(71)66-31-19-20-38(66)9)64(10)55(76)49(35(4)5)63-54(75)50(36(6)7)65(11)57(78)80-33-39-24-26-40(27-25-39)60-52(73)41(21-18-30-59-56(58)77)61-53(74)48(34(2)3)62-43(68)22-16-14-15-17-23-47(72)81-67-44(69)28-29-45(67)70/h24-29,34-38,41-42,48-51,69-70H,13-23,30-33H2,1-12H3,(H,60,73)(H,61,74)(H,62,68)(H,63,75)(H3,58,59,77)/t37-,38+,41-,42+,48-,49-,50-,51-/m0/s1. The first-order valence-corrected chi connectivity index (χ1v) is 28.3. The van der Waals surface area contributed by atoms with Gasteiger partial charge >= 0.3 is 18.1 Å². The zero-order chi connectivity index (χ0) is 60.7. The molecule has 9 N–H and O–H groups in total. The lowest BCUT2D eigenvalue weighted by Crippen LogP contribution is -2.60. The molecule has 1 aliphatic heterocycles. The molecule has 1 aromatic heterocycles. The Morgan fingerprint density at radius 2 is 1.37 bits per heavy atom. The minimum Gasteiger partial charge on any atom is -0.492 e. The smallest absolute Gasteiger partial charge is 0.410 e. The van der Waals surface area contributed by atoms with E-state index in [0.29, 0.717) is 54.6 Å². The molecule has 454 valence electrons. The number of aromatic hydroxyl groups is 2. The summed E-state index contributed by atoms with van der Waals surface area (Å²) in [6, 6.07) is 3.58. The number of benzene rings is 1. The summed E-state index contributed by atoms with van der Waals surface area (Å²) in [6.07, 6.45) is 3.85. The topological polar surface area (TPSA) is 323 Å². The van der Waals surface area contributed by atoms with Gasteiger partial charge in [-0.15, -0.1) is 4.73 Å². The number of hydrogen-bond donors (Lipinski definition) is 8. The van der Waals surface area contributed by atoms with Gasteiger partial charge in [0.25, 0.3) is 0 Å². The normalized spacial score (nSPS) is 15.8. The number of anilines is 1. The van der Waals surface area contributed by atoms with Crippen LogP contribution < -0.4 is 37.2 Å². The van der Waals surface area contributed by atoms with E-state index >= 15 is 0 Å². The molecule has 0 spiro atoms. The number of ether oxygens (including phenoxy) is 2. The number of urea groups is 1. The number of hydrogen-bond acceptors (Lipinski definition) is 14. The second-order valence-corrected chi connectivity index (χ2v) is 22.2. The molecule has 81 heavy (non-hydrogen) atoms. The molecule has 1 fully saturated rings. The van der Waals surface area contributed by atoms with Crippen molar-refractivity contribution < 1.29 is 67.7 Å². The van der Waals surface area contributed by atoms with Crippen LogP contribution in [0.1, 0.15) is 145 Å². The van der Waals surface area contributed by atoms with E-state index in [-0.39, 0.29) is 86.8 Å². The van der Waals surface area contributed by atoms with Gasteiger partial charge in [-0.05, 0) is 86.8 Å². The Morgan fingerprint density at radius 1 is 0.753 bits per heavy atom. The number of amides is 9. The number of nitrogens with zero attached hydrogens (tertiary/aromatic N) is 4. The molecule has 1 aliphatic rings. The van der Waals surface area contributed by atoms with E-state index in [1.165, 1.54) is 24.1 Å². The van der Waals surface area contributed by atoms with E-state index in [4.69, 9.17) is 20.0 Å². The molecular formula is C57H92N10O14. The highest BCUT2D eigenvalue weighted by molar-refractivity contribution is 5.98. The molecule has 2 heterocycles. The second-order valence-electron chi connectivity index (χ2n) is 22.2. The van der Waals surface area contributed by atoms with Crippen LogP contribution in [0.5, 0.6) is 11.8 Å². The number of methoxy groups -OCH3 is 1. The number of rotatable bonds is 33. The van der Waals surface area contributed by atoms with Crippen LogP contribution in [0.4, 0.5) is 15.3 Å². The van der Waals surface area contributed by atoms with E-state index in [2.05, 4.69) is 26.6 Å². The Kier molecular flexibility index (Phi) is 28.3. The quantitative estimate of drug-likeness (QED) is 0.0440. The van der Waals surface area contributed by atoms with Crippen LogP contribution in [0, 0.1) is 23.7 Å². The van der Waals surface area contributed by atoms with Gasteiger partial charge in [-0.1, -0.05) is 86.8 Å². The predicted molar refractivity (Wildman–Crippen MR) is 303 cm³/mol. The number of nitrogens with one attached hydrogen (secondary N) is 5. The van der Waals surface area contributed by atoms with Gasteiger partial charge in [0.05, 0.1) is 18.6 Å². The molecule has 0 radical (unpaired) electrons. The highest BCUT2D eigenvalue weighted by Crippen LogP contribution is 2.27. The lowest BCUT2D eigenvalue weighted by molar-refractivity contribution is -0.146. The molecule has 8 atom stereocenters. The predicted octanol–water partition coefficient (Wildman–Crippen LogP) is 4.93. The lowest BCUT2D eigenvalue weighted by Gasteiger charge is -2.40. The Balaban J connectivity index is 1.61. The van der Waals surface area contributed by atoms with Crippen LogP contribution in [0.3, 0.4) is 0 Å². The van der Waals surface area contributed by atoms with E-state index in [1.54, 1.807) is 71.0 Å². The summed E-state index contributed by atoms with van der Waals surface area (Å²) in [6.45, 7) is 17.4. The maximum Gasteiger partial charge on any atom is 0.410 e. The zero-order valence-electron chi connectivity index (χ0n) is 49.6. The Morgan fingerprint density at radius 3 is 1.91 bits per heavy atom. The molecule has 0 saturated carbocycles. The van der Waals surface area contributed by atoms with Crippen LogP contribution >= 0.6 is 0 Å². The first kappa shape index (κ1) is 68.2. The number of carbonyl (C=O) groups is 9. The third-order valence-corrected chi connectivity index (χ3v) is 14.8. The summed E-state index contributed by atoms with van der Waals surface area (Å²) in [5.41, 5.74) is 6.12. The Labute approximate surface area is 477 Å². The van der Waals surface area contributed by atoms with Gasteiger partial charge in [-0.25, -0.2) is 14.4 Å². The van der Waals surface area contributed by atoms with E-state index in [0.717, 1.165) is 12.8 Å². The summed E-state index contributed by atoms with van der Waals surface area (Å²) in [5, 5.41) is 33.0. The van der Waals surface area contributed by atoms with E-state index in [1.807, 2.05) is 39.5 Å². The van der Waals surface area contributed by atoms with Gasteiger partial charge in [0, 0.05) is 71.0 Å². The maximum atomic E-state index is 14.4. The number of likely N-dealkylation sites (tertiary alicyclic amines) is 1. The molecule has 2 aromatic rings. The summed E-state index contributed by atoms with van der Waals surface area (Å²) in [7, 11) is 4.67. The van der Waals surface area contributed by atoms with Gasteiger partial charge < -0.3 is 66.6 Å². The van der Waals surface area contributed by atoms with Crippen molar-refractivity contribution in [2.45, 2.75) is 188 Å². The van der Waals surface area contributed by atoms with Crippen molar-refractivity contribution in [3.8, 4) is 11.8 Å². The minimum atomic E-state index is -1.10. The summed E-state index contributed by atoms with van der Waals surface area (Å²) in [4.78, 5) is 129. The monoisotopic (exact) mass is 1140 g/mol. The minimum absolute atomic E-state index is 0.0183. The first-order valence-electron chi connectivity index (χ1n) is 28.3. The third kappa shape index (κ3) is 21.4. The second kappa shape index (κ2) is 33.6. The van der Waals surface area contributed by atoms with Gasteiger partial charge in [0.1, 0.15) is 30.8 Å². The molecular weight excluding hydrogens is 1050 g/mol. The average molecular weight is 1140 g/mol. The summed E-state index contributed by atoms with van der Waals surface area (Å²) in [5.74, 6) is -5.14. The molecule has 24 nitrogen and oxygen atoms in total. The lowest BCUT2D eigenvalue weighted by atomic mass is 9.89. The van der Waals surface area contributed by atoms with Gasteiger partial charge in [0.15, 0.2) is 0 Å². The van der Waals surface area contributed by atoms with Crippen LogP contribution in [0.2, 0.25) is 0 Å². The fraction of sp³-hybridized carbons (Fsp3) is 0.667. The van der Waals surface area contributed by atoms with Crippen LogP contribution in [-0.2, 0) is 49.6 Å². The van der Waals surface area contributed by atoms with Crippen molar-refractivity contribution >= 4 is 59.2 Å². The Hall–Kier alpha value is -7.11. The fourth-order valence-electron chi connectivity index (χ4n) is 9.87. The molecule has 1 aromatic carbocycles. The van der Waals surface area contributed by atoms with Crippen LogP contribution in [0.15, 0.2) is 36.4 Å². The molecule has 1 saturated heterocycles. The first-order chi connectivity index (χ1) is 38.2. The molecule has 0 unspecified atom stereocenters. The van der Waals surface area contributed by atoms with Crippen molar-refractivity contribution in [2.75, 3.05) is 39.6 Å². The number of nitrogens with two attached hydrogens (primary N) is 1. The number of carbonyl (C=O) groups excluding carboxylic acids is 9. The average Bonchev–Trinajstić information content (AvgIpc) is 4.03. The van der Waals surface area contributed by atoms with E-state index < -0.39 is 89.8 Å². The fourth-order valence-corrected chi connectivity index (χ4v) is 9.87. The summed E-state index contributed by atoms with van der Waals surface area (Å²) < 4.78 is 12.2. The van der Waals surface area contributed by atoms with Crippen molar-refractivity contribution in [1.29, 1.82) is 0 Å².